The van der Waals surface area contributed by atoms with E-state index in [-0.39, 0.29) is 22.7 Å². The number of phenolic OH excluding ortho intramolecular Hbond substituents is 1. The quantitative estimate of drug-likeness (QED) is 0.505. The van der Waals surface area contributed by atoms with Crippen molar-refractivity contribution in [2.75, 3.05) is 26.3 Å². The fraction of sp³-hybridized carbons (Fsp3) is 0.375. The number of carbonyl (C=O) groups excluding carboxylic acids is 1. The monoisotopic (exact) mass is 318 g/mol. The molecule has 0 saturated carbocycles. The van der Waals surface area contributed by atoms with Gasteiger partial charge >= 0.3 is 0 Å². The molecule has 0 amide bonds. The molecule has 0 radical (unpaired) electrons. The van der Waals surface area contributed by atoms with E-state index >= 15 is 0 Å². The lowest BCUT2D eigenvalue weighted by Gasteiger charge is -2.27. The fourth-order valence-corrected chi connectivity index (χ4v) is 2.70. The Kier molecular flexibility index (Phi) is 4.31. The normalized spacial score (nSPS) is 16.8. The topological polar surface area (TPSA) is 95.5 Å². The van der Waals surface area contributed by atoms with E-state index in [1.165, 1.54) is 6.92 Å². The molecule has 2 heterocycles. The Labute approximate surface area is 132 Å². The van der Waals surface area contributed by atoms with Crippen molar-refractivity contribution < 1.29 is 24.3 Å². The molecule has 2 aromatic rings. The van der Waals surface area contributed by atoms with Gasteiger partial charge in [0.05, 0.1) is 24.3 Å². The average molecular weight is 318 g/mol. The van der Waals surface area contributed by atoms with Crippen molar-refractivity contribution in [3.63, 3.8) is 0 Å². The summed E-state index contributed by atoms with van der Waals surface area (Å²) in [4.78, 5) is 13.8. The highest BCUT2D eigenvalue weighted by molar-refractivity contribution is 5.97. The van der Waals surface area contributed by atoms with E-state index in [2.05, 4.69) is 10.1 Å². The lowest BCUT2D eigenvalue weighted by molar-refractivity contribution is 0.0339. The van der Waals surface area contributed by atoms with Crippen LogP contribution in [-0.4, -0.2) is 47.3 Å². The Bertz CT molecular complexity index is 806. The summed E-state index contributed by atoms with van der Waals surface area (Å²) in [6, 6.07) is 4.86. The predicted molar refractivity (Wildman–Crippen MR) is 81.3 cm³/mol. The average Bonchev–Trinajstić information content (AvgIpc) is 2.57. The van der Waals surface area contributed by atoms with Crippen LogP contribution in [0.1, 0.15) is 22.8 Å². The number of carbonyl (C=O) groups is 1. The number of morpholine rings is 1. The molecular weight excluding hydrogens is 300 g/mol. The summed E-state index contributed by atoms with van der Waals surface area (Å²) in [5.74, 6) is -0.154. The number of Topliss-reactive ketones (excluding diaryl/α,β-unsaturated/α-hetero) is 1. The van der Waals surface area contributed by atoms with Crippen molar-refractivity contribution in [3.05, 3.63) is 34.9 Å². The number of rotatable bonds is 3. The third kappa shape index (κ3) is 3.06. The number of fused-ring (bicyclic) bond motifs is 1. The highest BCUT2D eigenvalue weighted by atomic mass is 16.5. The van der Waals surface area contributed by atoms with Crippen LogP contribution in [0.25, 0.3) is 11.0 Å². The summed E-state index contributed by atoms with van der Waals surface area (Å²) in [6.07, 6.45) is 0. The molecule has 0 spiro atoms. The molecule has 0 unspecified atom stereocenters. The number of benzene rings is 1. The van der Waals surface area contributed by atoms with Crippen LogP contribution in [0.5, 0.6) is 5.75 Å². The van der Waals surface area contributed by atoms with Gasteiger partial charge in [0.15, 0.2) is 5.78 Å². The number of phenols is 1. The van der Waals surface area contributed by atoms with E-state index < -0.39 is 0 Å². The van der Waals surface area contributed by atoms with Crippen LogP contribution in [0.4, 0.5) is 0 Å². The summed E-state index contributed by atoms with van der Waals surface area (Å²) in [7, 11) is 0. The minimum Gasteiger partial charge on any atom is -0.507 e. The standard InChI is InChI=1S/C16H18N2O5/c1-10(19)12-8-11-2-3-14(20)13(15(11)23-16(12)17-21)9-18-4-6-22-7-5-18/h2-3,8,20-21H,4-7,9H2,1H3. The van der Waals surface area contributed by atoms with Crippen molar-refractivity contribution in [2.45, 2.75) is 13.5 Å². The Morgan fingerprint density at radius 2 is 2.09 bits per heavy atom. The molecule has 0 aliphatic carbocycles. The lowest BCUT2D eigenvalue weighted by atomic mass is 10.1. The minimum atomic E-state index is -0.258. The van der Waals surface area contributed by atoms with Crippen LogP contribution < -0.4 is 5.55 Å². The van der Waals surface area contributed by atoms with E-state index in [9.17, 15) is 9.90 Å². The lowest BCUT2D eigenvalue weighted by Crippen LogP contribution is -2.35. The van der Waals surface area contributed by atoms with Crippen molar-refractivity contribution in [1.29, 1.82) is 0 Å². The molecule has 1 saturated heterocycles. The zero-order chi connectivity index (χ0) is 16.4. The molecule has 2 N–H and O–H groups in total. The minimum absolute atomic E-state index is 0.104. The third-order valence-corrected chi connectivity index (χ3v) is 3.95. The number of ether oxygens (including phenoxy) is 1. The third-order valence-electron chi connectivity index (χ3n) is 3.95. The van der Waals surface area contributed by atoms with E-state index in [4.69, 9.17) is 14.4 Å². The number of aromatic hydroxyl groups is 1. The number of hydrogen-bond donors (Lipinski definition) is 2. The Hall–Kier alpha value is -2.38. The van der Waals surface area contributed by atoms with Crippen molar-refractivity contribution in [3.8, 4) is 5.75 Å². The van der Waals surface area contributed by atoms with Crippen LogP contribution in [0, 0.1) is 0 Å². The second-order valence-corrected chi connectivity index (χ2v) is 5.49. The smallest absolute Gasteiger partial charge is 0.266 e. The first-order chi connectivity index (χ1) is 11.1. The van der Waals surface area contributed by atoms with Crippen LogP contribution in [-0.2, 0) is 11.3 Å². The van der Waals surface area contributed by atoms with Crippen molar-refractivity contribution in [2.24, 2.45) is 5.16 Å². The molecule has 0 bridgehead atoms. The maximum Gasteiger partial charge on any atom is 0.266 e. The van der Waals surface area contributed by atoms with E-state index in [1.54, 1.807) is 18.2 Å². The SMILES string of the molecule is CC(=O)c1cc2ccc(O)c(CN3CCOCC3)c2oc1=NO. The Morgan fingerprint density at radius 3 is 2.74 bits per heavy atom. The van der Waals surface area contributed by atoms with Crippen LogP contribution in [0.2, 0.25) is 0 Å². The first-order valence-corrected chi connectivity index (χ1v) is 7.38. The molecule has 1 aliphatic heterocycles. The zero-order valence-electron chi connectivity index (χ0n) is 12.8. The highest BCUT2D eigenvalue weighted by Crippen LogP contribution is 2.28. The summed E-state index contributed by atoms with van der Waals surface area (Å²) in [6.45, 7) is 4.68. The van der Waals surface area contributed by atoms with E-state index in [0.717, 1.165) is 13.1 Å². The molecule has 122 valence electrons. The molecular formula is C16H18N2O5. The summed E-state index contributed by atoms with van der Waals surface area (Å²) in [5, 5.41) is 23.0. The molecule has 7 nitrogen and oxygen atoms in total. The van der Waals surface area contributed by atoms with Gasteiger partial charge in [-0.3, -0.25) is 9.69 Å². The van der Waals surface area contributed by atoms with Gasteiger partial charge in [-0.15, -0.1) is 0 Å². The van der Waals surface area contributed by atoms with Gasteiger partial charge in [-0.2, -0.15) is 0 Å². The maximum atomic E-state index is 11.6. The summed E-state index contributed by atoms with van der Waals surface area (Å²) in [5.41, 5.74) is 1.06. The number of hydrogen-bond acceptors (Lipinski definition) is 7. The molecule has 1 aromatic carbocycles. The second kappa shape index (κ2) is 6.39. The Morgan fingerprint density at radius 1 is 1.35 bits per heavy atom. The van der Waals surface area contributed by atoms with Gasteiger partial charge < -0.3 is 19.5 Å². The van der Waals surface area contributed by atoms with Gasteiger partial charge in [0.2, 0.25) is 0 Å². The number of ketones is 1. The number of nitrogens with zero attached hydrogens (tertiary/aromatic N) is 2. The van der Waals surface area contributed by atoms with Crippen LogP contribution in [0.3, 0.4) is 0 Å². The first-order valence-electron chi connectivity index (χ1n) is 7.38. The van der Waals surface area contributed by atoms with Gasteiger partial charge in [0.25, 0.3) is 5.55 Å². The summed E-state index contributed by atoms with van der Waals surface area (Å²) < 4.78 is 10.9. The zero-order valence-corrected chi connectivity index (χ0v) is 12.8. The van der Waals surface area contributed by atoms with Crippen LogP contribution in [0.15, 0.2) is 27.8 Å². The van der Waals surface area contributed by atoms with Crippen LogP contribution >= 0.6 is 0 Å². The fourth-order valence-electron chi connectivity index (χ4n) is 2.70. The molecule has 1 aliphatic rings. The molecule has 1 aromatic heterocycles. The largest absolute Gasteiger partial charge is 0.507 e. The summed E-state index contributed by atoms with van der Waals surface area (Å²) >= 11 is 0. The van der Waals surface area contributed by atoms with Gasteiger partial charge in [-0.1, -0.05) is 0 Å². The van der Waals surface area contributed by atoms with E-state index in [0.29, 0.717) is 36.3 Å². The van der Waals surface area contributed by atoms with E-state index in [1.807, 2.05) is 0 Å². The molecule has 0 atom stereocenters. The molecule has 1 fully saturated rings. The van der Waals surface area contributed by atoms with Crippen molar-refractivity contribution in [1.82, 2.24) is 4.90 Å². The van der Waals surface area contributed by atoms with Crippen molar-refractivity contribution >= 4 is 16.8 Å². The first kappa shape index (κ1) is 15.5. The van der Waals surface area contributed by atoms with Gasteiger partial charge in [0.1, 0.15) is 11.3 Å². The van der Waals surface area contributed by atoms with Gasteiger partial charge in [-0.05, 0) is 30.3 Å². The van der Waals surface area contributed by atoms with Gasteiger partial charge in [-0.25, -0.2) is 0 Å². The maximum absolute atomic E-state index is 11.6. The highest BCUT2D eigenvalue weighted by Gasteiger charge is 2.18. The molecule has 23 heavy (non-hydrogen) atoms. The van der Waals surface area contributed by atoms with Gasteiger partial charge in [0, 0.05) is 25.0 Å². The molecule has 7 heteroatoms. The second-order valence-electron chi connectivity index (χ2n) is 5.49. The predicted octanol–water partition coefficient (Wildman–Crippen LogP) is 1.46. The Balaban J connectivity index is 2.12. The molecule has 3 rings (SSSR count).